The van der Waals surface area contributed by atoms with Gasteiger partial charge in [0.15, 0.2) is 5.82 Å². The van der Waals surface area contributed by atoms with Gasteiger partial charge in [-0.3, -0.25) is 4.79 Å². The predicted molar refractivity (Wildman–Crippen MR) is 111 cm³/mol. The van der Waals surface area contributed by atoms with Gasteiger partial charge < -0.3 is 15.0 Å². The summed E-state index contributed by atoms with van der Waals surface area (Å²) in [5, 5.41) is 22.9. The molecule has 1 aliphatic carbocycles. The second-order valence-corrected chi connectivity index (χ2v) is 8.95. The van der Waals surface area contributed by atoms with Gasteiger partial charge >= 0.3 is 5.97 Å². The van der Waals surface area contributed by atoms with E-state index in [-0.39, 0.29) is 29.9 Å². The van der Waals surface area contributed by atoms with E-state index in [1.54, 1.807) is 6.92 Å². The van der Waals surface area contributed by atoms with Gasteiger partial charge in [0.25, 0.3) is 0 Å². The zero-order chi connectivity index (χ0) is 22.3. The Kier molecular flexibility index (Phi) is 5.20. The van der Waals surface area contributed by atoms with Crippen LogP contribution in [0.3, 0.4) is 0 Å². The topological polar surface area (TPSA) is 128 Å². The third kappa shape index (κ3) is 3.56. The number of tetrazole rings is 1. The average Bonchev–Trinajstić information content (AvgIpc) is 3.50. The first-order chi connectivity index (χ1) is 15.5. The van der Waals surface area contributed by atoms with E-state index in [0.29, 0.717) is 24.0 Å². The number of carbonyl (C=O) groups excluding carboxylic acids is 2. The number of aromatic nitrogens is 6. The first-order valence-corrected chi connectivity index (χ1v) is 11.0. The van der Waals surface area contributed by atoms with Gasteiger partial charge in [0.1, 0.15) is 12.9 Å². The predicted octanol–water partition coefficient (Wildman–Crippen LogP) is 0.922. The molecule has 4 heterocycles. The van der Waals surface area contributed by atoms with Crippen LogP contribution in [-0.4, -0.2) is 65.9 Å². The van der Waals surface area contributed by atoms with Crippen molar-refractivity contribution in [2.45, 2.75) is 64.6 Å². The molecule has 0 radical (unpaired) electrons. The highest BCUT2D eigenvalue weighted by atomic mass is 16.5. The number of cyclic esters (lactones) is 1. The number of nitrogens with one attached hydrogen (secondary N) is 1. The lowest BCUT2D eigenvalue weighted by Gasteiger charge is -2.36. The van der Waals surface area contributed by atoms with Crippen molar-refractivity contribution in [3.63, 3.8) is 0 Å². The number of carbonyl (C=O) groups is 2. The molecule has 2 aromatic rings. The summed E-state index contributed by atoms with van der Waals surface area (Å²) in [7, 11) is 0. The first-order valence-electron chi connectivity index (χ1n) is 11.0. The van der Waals surface area contributed by atoms with Gasteiger partial charge in [0.05, 0.1) is 22.4 Å². The molecule has 2 aromatic heterocycles. The minimum atomic E-state index is -0.330. The summed E-state index contributed by atoms with van der Waals surface area (Å²) in [6.07, 6.45) is 5.84. The van der Waals surface area contributed by atoms with E-state index in [1.807, 2.05) is 17.0 Å². The number of esters is 1. The van der Waals surface area contributed by atoms with Gasteiger partial charge in [0, 0.05) is 18.6 Å². The summed E-state index contributed by atoms with van der Waals surface area (Å²) < 4.78 is 6.60. The summed E-state index contributed by atoms with van der Waals surface area (Å²) in [4.78, 5) is 27.0. The largest absolute Gasteiger partial charge is 0.456 e. The van der Waals surface area contributed by atoms with Crippen LogP contribution in [0.25, 0.3) is 5.82 Å². The van der Waals surface area contributed by atoms with Gasteiger partial charge in [-0.05, 0) is 68.5 Å². The summed E-state index contributed by atoms with van der Waals surface area (Å²) in [5.74, 6) is 0.402. The molecule has 32 heavy (non-hydrogen) atoms. The highest BCUT2D eigenvalue weighted by Crippen LogP contribution is 2.49. The van der Waals surface area contributed by atoms with Crippen LogP contribution in [0.5, 0.6) is 0 Å². The van der Waals surface area contributed by atoms with Crippen molar-refractivity contribution in [1.29, 1.82) is 0 Å². The molecule has 0 bridgehead atoms. The zero-order valence-electron chi connectivity index (χ0n) is 18.2. The molecular weight excluding hydrogens is 412 g/mol. The van der Waals surface area contributed by atoms with E-state index in [0.717, 1.165) is 43.5 Å². The monoisotopic (exact) mass is 438 g/mol. The molecule has 0 aromatic carbocycles. The molecule has 1 spiro atoms. The molecule has 1 N–H and O–H groups in total. The van der Waals surface area contributed by atoms with Crippen LogP contribution in [0.4, 0.5) is 0 Å². The Morgan fingerprint density at radius 3 is 2.66 bits per heavy atom. The molecule has 1 amide bonds. The summed E-state index contributed by atoms with van der Waals surface area (Å²) in [6.45, 7) is 4.63. The molecule has 0 unspecified atom stereocenters. The normalized spacial score (nSPS) is 28.1. The third-order valence-corrected chi connectivity index (χ3v) is 6.97. The Morgan fingerprint density at radius 2 is 2.03 bits per heavy atom. The minimum Gasteiger partial charge on any atom is -0.456 e. The fourth-order valence-corrected chi connectivity index (χ4v) is 5.18. The molecule has 168 valence electrons. The second-order valence-electron chi connectivity index (χ2n) is 8.95. The van der Waals surface area contributed by atoms with Gasteiger partial charge in [-0.25, -0.2) is 4.79 Å². The van der Waals surface area contributed by atoms with Crippen molar-refractivity contribution < 1.29 is 14.3 Å². The Balaban J connectivity index is 1.17. The Hall–Kier alpha value is -3.21. The molecular formula is C21H26N8O3. The van der Waals surface area contributed by atoms with E-state index >= 15 is 0 Å². The number of amides is 1. The maximum atomic E-state index is 13.4. The average molecular weight is 438 g/mol. The fraction of sp³-hybridized carbons (Fsp3) is 0.571. The van der Waals surface area contributed by atoms with E-state index < -0.39 is 0 Å². The third-order valence-electron chi connectivity index (χ3n) is 6.97. The van der Waals surface area contributed by atoms with Crippen molar-refractivity contribution in [1.82, 2.24) is 40.6 Å². The molecule has 1 saturated heterocycles. The van der Waals surface area contributed by atoms with Crippen molar-refractivity contribution in [2.24, 2.45) is 5.41 Å². The number of hydrogen-bond donors (Lipinski definition) is 1. The minimum absolute atomic E-state index is 0.0837. The van der Waals surface area contributed by atoms with Crippen LogP contribution in [0.2, 0.25) is 0 Å². The maximum absolute atomic E-state index is 13.4. The molecule has 5 rings (SSSR count). The smallest absolute Gasteiger partial charge is 0.336 e. The van der Waals surface area contributed by atoms with E-state index in [1.165, 1.54) is 11.0 Å². The molecule has 2 fully saturated rings. The standard InChI is InChI=1S/C21H26N8O3/c1-13-9-21(20(31)29(13)17-11-32-19(30)14(17)2)7-5-15(6-8-21)22-10-16-3-4-18(25-24-16)28-12-23-26-27-28/h3-4,12-13,15,22H,5-11H2,1-2H3/t13-,15-,21-/m1/s1. The quantitative estimate of drug-likeness (QED) is 0.678. The Bertz CT molecular complexity index is 1040. The highest BCUT2D eigenvalue weighted by Gasteiger charge is 2.53. The molecule has 11 nitrogen and oxygen atoms in total. The number of likely N-dealkylation sites (tertiary alicyclic amines) is 1. The lowest BCUT2D eigenvalue weighted by atomic mass is 9.70. The highest BCUT2D eigenvalue weighted by molar-refractivity contribution is 5.94. The molecule has 11 heteroatoms. The van der Waals surface area contributed by atoms with Crippen LogP contribution >= 0.6 is 0 Å². The van der Waals surface area contributed by atoms with Crippen LogP contribution in [-0.2, 0) is 20.9 Å². The molecule has 3 aliphatic rings. The van der Waals surface area contributed by atoms with Gasteiger partial charge in [0.2, 0.25) is 5.91 Å². The van der Waals surface area contributed by atoms with E-state index in [9.17, 15) is 9.59 Å². The molecule has 1 saturated carbocycles. The molecule has 1 atom stereocenters. The number of hydrogen-bond acceptors (Lipinski definition) is 9. The fourth-order valence-electron chi connectivity index (χ4n) is 5.18. The summed E-state index contributed by atoms with van der Waals surface area (Å²) >= 11 is 0. The summed E-state index contributed by atoms with van der Waals surface area (Å²) in [5.41, 5.74) is 1.81. The maximum Gasteiger partial charge on any atom is 0.336 e. The Labute approximate surface area is 185 Å². The van der Waals surface area contributed by atoms with Crippen molar-refractivity contribution >= 4 is 11.9 Å². The lowest BCUT2D eigenvalue weighted by Crippen LogP contribution is -2.42. The van der Waals surface area contributed by atoms with Crippen molar-refractivity contribution in [3.05, 3.63) is 35.4 Å². The number of nitrogens with zero attached hydrogens (tertiary/aromatic N) is 7. The lowest BCUT2D eigenvalue weighted by molar-refractivity contribution is -0.138. The van der Waals surface area contributed by atoms with Crippen LogP contribution in [0, 0.1) is 5.41 Å². The SMILES string of the molecule is CC1=C(N2C(=O)[C@]3(CC[C@H](NCc4ccc(-n5cnnn5)nn4)CC3)C[C@H]2C)COC1=O. The van der Waals surface area contributed by atoms with Gasteiger partial charge in [-0.15, -0.1) is 10.2 Å². The van der Waals surface area contributed by atoms with Crippen molar-refractivity contribution in [2.75, 3.05) is 6.61 Å². The second kappa shape index (κ2) is 8.05. The van der Waals surface area contributed by atoms with Crippen LogP contribution in [0.15, 0.2) is 29.7 Å². The Morgan fingerprint density at radius 1 is 1.22 bits per heavy atom. The van der Waals surface area contributed by atoms with Gasteiger partial charge in [-0.1, -0.05) is 0 Å². The zero-order valence-corrected chi connectivity index (χ0v) is 18.2. The number of rotatable bonds is 5. The van der Waals surface area contributed by atoms with Crippen LogP contribution in [0.1, 0.15) is 51.6 Å². The van der Waals surface area contributed by atoms with Crippen molar-refractivity contribution in [3.8, 4) is 5.82 Å². The number of ether oxygens (including phenoxy) is 1. The first kappa shape index (κ1) is 20.7. The summed E-state index contributed by atoms with van der Waals surface area (Å²) in [6, 6.07) is 4.15. The molecule has 2 aliphatic heterocycles. The van der Waals surface area contributed by atoms with Gasteiger partial charge in [-0.2, -0.15) is 9.78 Å². The van der Waals surface area contributed by atoms with E-state index in [2.05, 4.69) is 38.0 Å². The van der Waals surface area contributed by atoms with Crippen LogP contribution < -0.4 is 5.32 Å². The van der Waals surface area contributed by atoms with E-state index in [4.69, 9.17) is 4.74 Å².